The summed E-state index contributed by atoms with van der Waals surface area (Å²) in [6.07, 6.45) is 3.81. The zero-order valence-electron chi connectivity index (χ0n) is 11.5. The molecular weight excluding hydrogens is 330 g/mol. The van der Waals surface area contributed by atoms with Gasteiger partial charge < -0.3 is 10.6 Å². The number of rotatable bonds is 5. The number of hydrogen-bond donors (Lipinski definition) is 2. The van der Waals surface area contributed by atoms with Crippen molar-refractivity contribution in [2.75, 3.05) is 10.6 Å². The zero-order valence-corrected chi connectivity index (χ0v) is 13.1. The lowest BCUT2D eigenvalue weighted by atomic mass is 10.2. The SMILES string of the molecule is O=C(Nc1cccc(NCc2ccc(Br)cn2)c1)C1CC1. The maximum Gasteiger partial charge on any atom is 0.227 e. The predicted molar refractivity (Wildman–Crippen MR) is 87.1 cm³/mol. The molecule has 0 aliphatic heterocycles. The lowest BCUT2D eigenvalue weighted by molar-refractivity contribution is -0.117. The largest absolute Gasteiger partial charge is 0.379 e. The van der Waals surface area contributed by atoms with Crippen LogP contribution in [-0.4, -0.2) is 10.9 Å². The number of carbonyl (C=O) groups is 1. The first-order chi connectivity index (χ1) is 10.2. The summed E-state index contributed by atoms with van der Waals surface area (Å²) in [5.41, 5.74) is 2.76. The van der Waals surface area contributed by atoms with E-state index >= 15 is 0 Å². The van der Waals surface area contributed by atoms with Gasteiger partial charge >= 0.3 is 0 Å². The van der Waals surface area contributed by atoms with Crippen LogP contribution in [0, 0.1) is 5.92 Å². The molecular formula is C16H16BrN3O. The molecule has 1 fully saturated rings. The number of pyridine rings is 1. The van der Waals surface area contributed by atoms with Crippen LogP contribution < -0.4 is 10.6 Å². The van der Waals surface area contributed by atoms with Crippen molar-refractivity contribution in [2.24, 2.45) is 5.92 Å². The molecule has 1 aliphatic rings. The molecule has 3 rings (SSSR count). The van der Waals surface area contributed by atoms with Gasteiger partial charge in [-0.1, -0.05) is 6.07 Å². The Bertz CT molecular complexity index is 638. The highest BCUT2D eigenvalue weighted by Gasteiger charge is 2.29. The fraction of sp³-hybridized carbons (Fsp3) is 0.250. The van der Waals surface area contributed by atoms with Crippen molar-refractivity contribution in [1.82, 2.24) is 4.98 Å². The van der Waals surface area contributed by atoms with Gasteiger partial charge in [0, 0.05) is 28.0 Å². The zero-order chi connectivity index (χ0) is 14.7. The average molecular weight is 346 g/mol. The number of nitrogens with zero attached hydrogens (tertiary/aromatic N) is 1. The Balaban J connectivity index is 1.60. The second-order valence-electron chi connectivity index (χ2n) is 5.17. The highest BCUT2D eigenvalue weighted by Crippen LogP contribution is 2.30. The van der Waals surface area contributed by atoms with Crippen molar-refractivity contribution in [3.63, 3.8) is 0 Å². The van der Waals surface area contributed by atoms with E-state index in [0.29, 0.717) is 6.54 Å². The summed E-state index contributed by atoms with van der Waals surface area (Å²) < 4.78 is 0.969. The number of benzene rings is 1. The average Bonchev–Trinajstić information content (AvgIpc) is 3.32. The summed E-state index contributed by atoms with van der Waals surface area (Å²) in [6, 6.07) is 11.7. The van der Waals surface area contributed by atoms with Crippen LogP contribution in [0.15, 0.2) is 47.1 Å². The van der Waals surface area contributed by atoms with Gasteiger partial charge in [-0.25, -0.2) is 0 Å². The van der Waals surface area contributed by atoms with E-state index < -0.39 is 0 Å². The molecule has 0 atom stereocenters. The second-order valence-corrected chi connectivity index (χ2v) is 6.08. The van der Waals surface area contributed by atoms with Crippen molar-refractivity contribution in [1.29, 1.82) is 0 Å². The Labute approximate surface area is 132 Å². The molecule has 1 saturated carbocycles. The first-order valence-electron chi connectivity index (χ1n) is 6.96. The minimum Gasteiger partial charge on any atom is -0.379 e. The Hall–Kier alpha value is -1.88. The van der Waals surface area contributed by atoms with Gasteiger partial charge in [0.05, 0.1) is 12.2 Å². The van der Waals surface area contributed by atoms with Crippen LogP contribution in [0.3, 0.4) is 0 Å². The molecule has 0 radical (unpaired) electrons. The normalized spacial score (nSPS) is 13.8. The molecule has 1 amide bonds. The first-order valence-corrected chi connectivity index (χ1v) is 7.75. The molecule has 0 bridgehead atoms. The highest BCUT2D eigenvalue weighted by molar-refractivity contribution is 9.10. The van der Waals surface area contributed by atoms with Gasteiger partial charge in [0.2, 0.25) is 5.91 Å². The molecule has 5 heteroatoms. The van der Waals surface area contributed by atoms with Crippen molar-refractivity contribution in [3.8, 4) is 0 Å². The Morgan fingerprint density at radius 1 is 1.24 bits per heavy atom. The minimum absolute atomic E-state index is 0.127. The maximum absolute atomic E-state index is 11.8. The number of aromatic nitrogens is 1. The van der Waals surface area contributed by atoms with Crippen molar-refractivity contribution < 1.29 is 4.79 Å². The van der Waals surface area contributed by atoms with Crippen LogP contribution in [0.25, 0.3) is 0 Å². The van der Waals surface area contributed by atoms with Crippen molar-refractivity contribution >= 4 is 33.2 Å². The Kier molecular flexibility index (Phi) is 4.20. The van der Waals surface area contributed by atoms with E-state index in [9.17, 15) is 4.79 Å². The molecule has 1 aromatic heterocycles. The first kappa shape index (κ1) is 14.1. The second kappa shape index (κ2) is 6.26. The van der Waals surface area contributed by atoms with E-state index in [2.05, 4.69) is 31.5 Å². The van der Waals surface area contributed by atoms with Gasteiger partial charge in [-0.2, -0.15) is 0 Å². The molecule has 1 aliphatic carbocycles. The number of carbonyl (C=O) groups excluding carboxylic acids is 1. The van der Waals surface area contributed by atoms with E-state index in [4.69, 9.17) is 0 Å². The van der Waals surface area contributed by atoms with E-state index in [0.717, 1.165) is 34.4 Å². The monoisotopic (exact) mass is 345 g/mol. The molecule has 0 spiro atoms. The van der Waals surface area contributed by atoms with E-state index in [1.807, 2.05) is 36.4 Å². The van der Waals surface area contributed by atoms with Crippen LogP contribution in [0.5, 0.6) is 0 Å². The molecule has 21 heavy (non-hydrogen) atoms. The molecule has 1 aromatic carbocycles. The number of halogens is 1. The quantitative estimate of drug-likeness (QED) is 0.866. The standard InChI is InChI=1S/C16H16BrN3O/c17-12-6-7-15(18-9-12)10-19-13-2-1-3-14(8-13)20-16(21)11-4-5-11/h1-3,6-9,11,19H,4-5,10H2,(H,20,21). The topological polar surface area (TPSA) is 54.0 Å². The predicted octanol–water partition coefficient (Wildman–Crippen LogP) is 3.80. The maximum atomic E-state index is 11.8. The Morgan fingerprint density at radius 2 is 2.05 bits per heavy atom. The molecule has 1 heterocycles. The smallest absolute Gasteiger partial charge is 0.227 e. The van der Waals surface area contributed by atoms with E-state index in [1.165, 1.54) is 0 Å². The molecule has 4 nitrogen and oxygen atoms in total. The minimum atomic E-state index is 0.127. The van der Waals surface area contributed by atoms with Gasteiger partial charge in [0.25, 0.3) is 0 Å². The van der Waals surface area contributed by atoms with Gasteiger partial charge in [-0.3, -0.25) is 9.78 Å². The molecule has 108 valence electrons. The molecule has 0 unspecified atom stereocenters. The summed E-state index contributed by atoms with van der Waals surface area (Å²) in [4.78, 5) is 16.1. The summed E-state index contributed by atoms with van der Waals surface area (Å²) in [6.45, 7) is 0.646. The van der Waals surface area contributed by atoms with Gasteiger partial charge in [0.1, 0.15) is 0 Å². The summed E-state index contributed by atoms with van der Waals surface area (Å²) in [7, 11) is 0. The lowest BCUT2D eigenvalue weighted by Gasteiger charge is -2.09. The summed E-state index contributed by atoms with van der Waals surface area (Å²) in [5.74, 6) is 0.343. The number of amides is 1. The lowest BCUT2D eigenvalue weighted by Crippen LogP contribution is -2.13. The van der Waals surface area contributed by atoms with Crippen LogP contribution in [0.4, 0.5) is 11.4 Å². The van der Waals surface area contributed by atoms with Crippen LogP contribution in [-0.2, 0) is 11.3 Å². The van der Waals surface area contributed by atoms with Crippen LogP contribution in [0.1, 0.15) is 18.5 Å². The molecule has 0 saturated heterocycles. The molecule has 2 N–H and O–H groups in total. The van der Waals surface area contributed by atoms with Crippen molar-refractivity contribution in [3.05, 3.63) is 52.8 Å². The summed E-state index contributed by atoms with van der Waals surface area (Å²) >= 11 is 3.37. The third-order valence-electron chi connectivity index (χ3n) is 3.34. The number of anilines is 2. The van der Waals surface area contributed by atoms with Gasteiger partial charge in [0.15, 0.2) is 0 Å². The third kappa shape index (κ3) is 4.04. The van der Waals surface area contributed by atoms with Crippen LogP contribution in [0.2, 0.25) is 0 Å². The van der Waals surface area contributed by atoms with E-state index in [1.54, 1.807) is 6.20 Å². The fourth-order valence-corrected chi connectivity index (χ4v) is 2.23. The third-order valence-corrected chi connectivity index (χ3v) is 3.81. The van der Waals surface area contributed by atoms with E-state index in [-0.39, 0.29) is 11.8 Å². The van der Waals surface area contributed by atoms with Gasteiger partial charge in [-0.05, 0) is 59.1 Å². The van der Waals surface area contributed by atoms with Crippen LogP contribution >= 0.6 is 15.9 Å². The fourth-order valence-electron chi connectivity index (χ4n) is 2.00. The Morgan fingerprint density at radius 3 is 2.76 bits per heavy atom. The van der Waals surface area contributed by atoms with Crippen molar-refractivity contribution in [2.45, 2.75) is 19.4 Å². The molecule has 2 aromatic rings. The number of nitrogens with one attached hydrogen (secondary N) is 2. The summed E-state index contributed by atoms with van der Waals surface area (Å²) in [5, 5.41) is 6.26. The van der Waals surface area contributed by atoms with Gasteiger partial charge in [-0.15, -0.1) is 0 Å². The highest BCUT2D eigenvalue weighted by atomic mass is 79.9. The number of hydrogen-bond acceptors (Lipinski definition) is 3.